The zero-order valence-corrected chi connectivity index (χ0v) is 9.60. The van der Waals surface area contributed by atoms with Crippen molar-refractivity contribution in [2.45, 2.75) is 6.18 Å². The third kappa shape index (κ3) is 3.46. The Morgan fingerprint density at radius 1 is 1.35 bits per heavy atom. The summed E-state index contributed by atoms with van der Waals surface area (Å²) in [7, 11) is 0. The van der Waals surface area contributed by atoms with E-state index >= 15 is 0 Å². The minimum absolute atomic E-state index is 0.370. The molecule has 0 bridgehead atoms. The van der Waals surface area contributed by atoms with Crippen LogP contribution in [0.2, 0.25) is 0 Å². The van der Waals surface area contributed by atoms with Crippen LogP contribution < -0.4 is 5.32 Å². The second-order valence-electron chi connectivity index (χ2n) is 3.41. The number of nitriles is 2. The van der Waals surface area contributed by atoms with Gasteiger partial charge in [0.1, 0.15) is 17.7 Å². The lowest BCUT2D eigenvalue weighted by Gasteiger charge is -2.12. The molecule has 0 aliphatic rings. The molecule has 0 saturated carbocycles. The van der Waals surface area contributed by atoms with E-state index in [-0.39, 0.29) is 0 Å². The summed E-state index contributed by atoms with van der Waals surface area (Å²) in [6.07, 6.45) is -4.03. The third-order valence-electron chi connectivity index (χ3n) is 2.13. The molecule has 0 fully saturated rings. The Balaban J connectivity index is 3.28. The Bertz CT molecular complexity index is 637. The van der Waals surface area contributed by atoms with Gasteiger partial charge in [-0.25, -0.2) is 0 Å². The lowest BCUT2D eigenvalue weighted by molar-refractivity contribution is -0.385. The molecule has 9 heteroatoms. The van der Waals surface area contributed by atoms with E-state index < -0.39 is 33.6 Å². The Labute approximate surface area is 110 Å². The van der Waals surface area contributed by atoms with Crippen molar-refractivity contribution in [1.29, 1.82) is 10.5 Å². The normalized spacial score (nSPS) is 10.1. The standard InChI is InChI=1S/C11H5F3N4O2/c12-11(13,14)9-3-8(18(19)20)1-2-10(9)17-6-7(4-15)5-16/h1-3,6,17H. The number of allylic oxidation sites excluding steroid dienone is 1. The van der Waals surface area contributed by atoms with Gasteiger partial charge in [0, 0.05) is 18.3 Å². The first kappa shape index (κ1) is 15.0. The summed E-state index contributed by atoms with van der Waals surface area (Å²) in [5, 5.41) is 29.5. The Hall–Kier alpha value is -3.07. The van der Waals surface area contributed by atoms with Gasteiger partial charge in [0.15, 0.2) is 0 Å². The second kappa shape index (κ2) is 5.71. The first-order chi connectivity index (χ1) is 9.29. The average Bonchev–Trinajstić information content (AvgIpc) is 2.38. The van der Waals surface area contributed by atoms with Gasteiger partial charge in [0.25, 0.3) is 5.69 Å². The molecule has 0 heterocycles. The number of nitrogens with one attached hydrogen (secondary N) is 1. The Morgan fingerprint density at radius 2 is 1.95 bits per heavy atom. The molecule has 0 amide bonds. The van der Waals surface area contributed by atoms with Gasteiger partial charge in [0.05, 0.1) is 16.2 Å². The molecule has 102 valence electrons. The topological polar surface area (TPSA) is 103 Å². The van der Waals surface area contributed by atoms with Gasteiger partial charge in [0.2, 0.25) is 0 Å². The summed E-state index contributed by atoms with van der Waals surface area (Å²) in [5.74, 6) is 0. The molecule has 1 N–H and O–H groups in total. The van der Waals surface area contributed by atoms with E-state index in [1.807, 2.05) is 0 Å². The smallest absolute Gasteiger partial charge is 0.359 e. The van der Waals surface area contributed by atoms with Crippen molar-refractivity contribution >= 4 is 11.4 Å². The predicted molar refractivity (Wildman–Crippen MR) is 61.0 cm³/mol. The van der Waals surface area contributed by atoms with Crippen molar-refractivity contribution < 1.29 is 18.1 Å². The molecule has 0 aliphatic heterocycles. The zero-order valence-electron chi connectivity index (χ0n) is 9.60. The van der Waals surface area contributed by atoms with Crippen LogP contribution in [0, 0.1) is 32.8 Å². The van der Waals surface area contributed by atoms with Crippen LogP contribution >= 0.6 is 0 Å². The van der Waals surface area contributed by atoms with Gasteiger partial charge < -0.3 is 5.32 Å². The van der Waals surface area contributed by atoms with Crippen molar-refractivity contribution in [3.05, 3.63) is 45.6 Å². The number of nitrogens with zero attached hydrogens (tertiary/aromatic N) is 3. The van der Waals surface area contributed by atoms with Crippen LogP contribution in [0.3, 0.4) is 0 Å². The highest BCUT2D eigenvalue weighted by molar-refractivity contribution is 5.59. The highest BCUT2D eigenvalue weighted by Gasteiger charge is 2.35. The largest absolute Gasteiger partial charge is 0.418 e. The van der Waals surface area contributed by atoms with Gasteiger partial charge in [-0.1, -0.05) is 0 Å². The molecule has 1 rings (SSSR count). The number of non-ortho nitro benzene ring substituents is 1. The number of anilines is 1. The summed E-state index contributed by atoms with van der Waals surface area (Å²) in [4.78, 5) is 9.52. The first-order valence-electron chi connectivity index (χ1n) is 4.92. The van der Waals surface area contributed by atoms with E-state index in [1.54, 1.807) is 0 Å². The van der Waals surface area contributed by atoms with E-state index in [0.29, 0.717) is 6.07 Å². The molecule has 1 aromatic carbocycles. The molecule has 1 aromatic rings. The zero-order chi connectivity index (χ0) is 15.3. The molecule has 6 nitrogen and oxygen atoms in total. The van der Waals surface area contributed by atoms with Gasteiger partial charge in [-0.15, -0.1) is 0 Å². The van der Waals surface area contributed by atoms with Crippen molar-refractivity contribution in [2.75, 3.05) is 5.32 Å². The van der Waals surface area contributed by atoms with Crippen LogP contribution in [0.1, 0.15) is 5.56 Å². The molecular formula is C11H5F3N4O2. The molecule has 0 aromatic heterocycles. The van der Waals surface area contributed by atoms with Gasteiger partial charge >= 0.3 is 6.18 Å². The quantitative estimate of drug-likeness (QED) is 0.521. The number of alkyl halides is 3. The highest BCUT2D eigenvalue weighted by atomic mass is 19.4. The maximum Gasteiger partial charge on any atom is 0.418 e. The number of rotatable bonds is 3. The SMILES string of the molecule is N#CC(C#N)=CNc1ccc([N+](=O)[O-])cc1C(F)(F)F. The minimum Gasteiger partial charge on any atom is -0.359 e. The second-order valence-corrected chi connectivity index (χ2v) is 3.41. The summed E-state index contributed by atoms with van der Waals surface area (Å²) in [6, 6.07) is 5.02. The third-order valence-corrected chi connectivity index (χ3v) is 2.13. The van der Waals surface area contributed by atoms with Crippen LogP contribution in [-0.2, 0) is 6.18 Å². The van der Waals surface area contributed by atoms with Crippen molar-refractivity contribution in [3.8, 4) is 12.1 Å². The number of benzene rings is 1. The Kier molecular flexibility index (Phi) is 4.28. The summed E-state index contributed by atoms with van der Waals surface area (Å²) in [6.45, 7) is 0. The molecule has 0 atom stereocenters. The van der Waals surface area contributed by atoms with E-state index in [9.17, 15) is 23.3 Å². The maximum atomic E-state index is 12.8. The van der Waals surface area contributed by atoms with Crippen molar-refractivity contribution in [1.82, 2.24) is 0 Å². The number of nitro groups is 1. The van der Waals surface area contributed by atoms with Gasteiger partial charge in [-0.05, 0) is 6.07 Å². The molecule has 0 radical (unpaired) electrons. The number of nitro benzene ring substituents is 1. The summed E-state index contributed by atoms with van der Waals surface area (Å²) in [5.41, 5.74) is -2.91. The molecule has 0 aliphatic carbocycles. The fourth-order valence-corrected chi connectivity index (χ4v) is 1.25. The summed E-state index contributed by atoms with van der Waals surface area (Å²) >= 11 is 0. The average molecular weight is 282 g/mol. The van der Waals surface area contributed by atoms with E-state index in [4.69, 9.17) is 10.5 Å². The number of hydrogen-bond donors (Lipinski definition) is 1. The van der Waals surface area contributed by atoms with E-state index in [1.165, 1.54) is 12.1 Å². The highest BCUT2D eigenvalue weighted by Crippen LogP contribution is 2.37. The molecular weight excluding hydrogens is 277 g/mol. The monoisotopic (exact) mass is 282 g/mol. The molecule has 0 saturated heterocycles. The van der Waals surface area contributed by atoms with Crippen LogP contribution in [0.5, 0.6) is 0 Å². The summed E-state index contributed by atoms with van der Waals surface area (Å²) < 4.78 is 38.3. The van der Waals surface area contributed by atoms with Crippen LogP contribution in [-0.4, -0.2) is 4.92 Å². The van der Waals surface area contributed by atoms with E-state index in [2.05, 4.69) is 5.32 Å². The lowest BCUT2D eigenvalue weighted by Crippen LogP contribution is -2.09. The van der Waals surface area contributed by atoms with E-state index in [0.717, 1.165) is 18.3 Å². The van der Waals surface area contributed by atoms with Crippen molar-refractivity contribution in [2.24, 2.45) is 0 Å². The Morgan fingerprint density at radius 3 is 2.40 bits per heavy atom. The molecule has 20 heavy (non-hydrogen) atoms. The van der Waals surface area contributed by atoms with Gasteiger partial charge in [-0.2, -0.15) is 23.7 Å². The van der Waals surface area contributed by atoms with Crippen LogP contribution in [0.15, 0.2) is 30.0 Å². The fourth-order valence-electron chi connectivity index (χ4n) is 1.25. The molecule has 0 unspecified atom stereocenters. The first-order valence-corrected chi connectivity index (χ1v) is 4.92. The maximum absolute atomic E-state index is 12.8. The molecule has 0 spiro atoms. The van der Waals surface area contributed by atoms with Crippen LogP contribution in [0.25, 0.3) is 0 Å². The van der Waals surface area contributed by atoms with Crippen molar-refractivity contribution in [3.63, 3.8) is 0 Å². The van der Waals surface area contributed by atoms with Crippen LogP contribution in [0.4, 0.5) is 24.5 Å². The lowest BCUT2D eigenvalue weighted by atomic mass is 10.1. The number of halogens is 3. The number of hydrogen-bond acceptors (Lipinski definition) is 5. The predicted octanol–water partition coefficient (Wildman–Crippen LogP) is 2.96. The fraction of sp³-hybridized carbons (Fsp3) is 0.0909. The van der Waals surface area contributed by atoms with Gasteiger partial charge in [-0.3, -0.25) is 10.1 Å². The minimum atomic E-state index is -4.82.